The first-order valence-electron chi connectivity index (χ1n) is 9.51. The van der Waals surface area contributed by atoms with E-state index in [1.54, 1.807) is 11.9 Å². The number of nitrogens with zero attached hydrogens (tertiary/aromatic N) is 2. The second kappa shape index (κ2) is 10.5. The zero-order chi connectivity index (χ0) is 19.1. The summed E-state index contributed by atoms with van der Waals surface area (Å²) < 4.78 is 17.9. The number of benzene rings is 2. The zero-order valence-corrected chi connectivity index (χ0v) is 17.8. The fourth-order valence-electron chi connectivity index (χ4n) is 3.30. The van der Waals surface area contributed by atoms with Crippen molar-refractivity contribution in [1.29, 1.82) is 0 Å². The maximum atomic E-state index is 12.6. The molecule has 2 aromatic rings. The minimum Gasteiger partial charge on any atom is -0.593 e. The summed E-state index contributed by atoms with van der Waals surface area (Å²) in [5.41, 5.74) is 2.57. The average molecular weight is 404 g/mol. The summed E-state index contributed by atoms with van der Waals surface area (Å²) in [6.45, 7) is 3.97. The van der Waals surface area contributed by atoms with Crippen molar-refractivity contribution in [2.75, 3.05) is 27.2 Å². The summed E-state index contributed by atoms with van der Waals surface area (Å²) in [6.07, 6.45) is 3.95. The minimum atomic E-state index is -1.21. The van der Waals surface area contributed by atoms with Crippen LogP contribution >= 0.6 is 11.9 Å². The predicted octanol–water partition coefficient (Wildman–Crippen LogP) is 4.05. The van der Waals surface area contributed by atoms with E-state index in [1.165, 1.54) is 43.5 Å². The lowest BCUT2D eigenvalue weighted by atomic mass is 10.1. The van der Waals surface area contributed by atoms with E-state index < -0.39 is 11.4 Å². The van der Waals surface area contributed by atoms with E-state index in [9.17, 15) is 4.55 Å². The number of nitrogens with one attached hydrogen (secondary N) is 1. The van der Waals surface area contributed by atoms with Crippen LogP contribution in [-0.4, -0.2) is 40.9 Å². The second-order valence-electron chi connectivity index (χ2n) is 7.07. The van der Waals surface area contributed by atoms with E-state index in [0.717, 1.165) is 16.3 Å². The molecule has 1 aliphatic rings. The zero-order valence-electron chi connectivity index (χ0n) is 16.2. The Morgan fingerprint density at radius 3 is 2.33 bits per heavy atom. The van der Waals surface area contributed by atoms with Crippen molar-refractivity contribution in [2.24, 2.45) is 0 Å². The molecular formula is C21H29N3OS2. The predicted molar refractivity (Wildman–Crippen MR) is 115 cm³/mol. The summed E-state index contributed by atoms with van der Waals surface area (Å²) in [7, 11) is 4.03. The first kappa shape index (κ1) is 20.7. The summed E-state index contributed by atoms with van der Waals surface area (Å²) in [4.78, 5) is 4.49. The first-order chi connectivity index (χ1) is 13.1. The molecule has 6 heteroatoms. The van der Waals surface area contributed by atoms with E-state index >= 15 is 0 Å². The van der Waals surface area contributed by atoms with Crippen molar-refractivity contribution in [1.82, 2.24) is 13.9 Å². The third-order valence-corrected chi connectivity index (χ3v) is 6.64. The smallest absolute Gasteiger partial charge is 0.173 e. The molecule has 2 aromatic carbocycles. The van der Waals surface area contributed by atoms with E-state index in [0.29, 0.717) is 6.54 Å². The highest BCUT2D eigenvalue weighted by Crippen LogP contribution is 2.22. The lowest BCUT2D eigenvalue weighted by molar-refractivity contribution is 0.220. The molecule has 4 nitrogen and oxygen atoms in total. The number of piperidine rings is 1. The fraction of sp³-hybridized carbons (Fsp3) is 0.429. The molecule has 1 atom stereocenters. The molecule has 0 amide bonds. The van der Waals surface area contributed by atoms with Crippen LogP contribution in [0.25, 0.3) is 0 Å². The molecule has 3 rings (SSSR count). The highest BCUT2D eigenvalue weighted by Gasteiger charge is 2.15. The lowest BCUT2D eigenvalue weighted by Crippen LogP contribution is -2.30. The van der Waals surface area contributed by atoms with Gasteiger partial charge in [-0.15, -0.1) is 4.72 Å². The third-order valence-electron chi connectivity index (χ3n) is 4.68. The van der Waals surface area contributed by atoms with Gasteiger partial charge in [-0.25, -0.2) is 0 Å². The maximum Gasteiger partial charge on any atom is 0.173 e. The molecular weight excluding hydrogens is 374 g/mol. The minimum absolute atomic E-state index is 0.616. The van der Waals surface area contributed by atoms with Gasteiger partial charge in [-0.2, -0.15) is 0 Å². The Labute approximate surface area is 170 Å². The summed E-state index contributed by atoms with van der Waals surface area (Å²) in [5, 5.41) is 0. The quantitative estimate of drug-likeness (QED) is 0.532. The van der Waals surface area contributed by atoms with Gasteiger partial charge in [-0.1, -0.05) is 30.7 Å². The van der Waals surface area contributed by atoms with E-state index in [2.05, 4.69) is 33.9 Å². The van der Waals surface area contributed by atoms with Gasteiger partial charge in [0.15, 0.2) is 4.90 Å². The standard InChI is InChI=1S/C21H29N3OS2/c1-23(2)26-20-10-12-21(13-11-20)27(25)22-16-18-8-4-5-9-19(18)17-24-14-6-3-7-15-24/h4-5,8-13,22H,3,6-7,14-17H2,1-2H3. The Bertz CT molecular complexity index is 703. The van der Waals surface area contributed by atoms with E-state index in [4.69, 9.17) is 0 Å². The molecule has 0 aliphatic carbocycles. The summed E-state index contributed by atoms with van der Waals surface area (Å²) in [6, 6.07) is 16.4. The number of hydrogen-bond acceptors (Lipinski definition) is 5. The monoisotopic (exact) mass is 403 g/mol. The summed E-state index contributed by atoms with van der Waals surface area (Å²) >= 11 is 0.451. The molecule has 1 fully saturated rings. The van der Waals surface area contributed by atoms with Crippen LogP contribution in [-0.2, 0) is 24.5 Å². The van der Waals surface area contributed by atoms with Crippen LogP contribution in [0.4, 0.5) is 0 Å². The third kappa shape index (κ3) is 6.52. The molecule has 1 unspecified atom stereocenters. The van der Waals surface area contributed by atoms with E-state index in [-0.39, 0.29) is 0 Å². The van der Waals surface area contributed by atoms with Crippen LogP contribution in [0.1, 0.15) is 30.4 Å². The van der Waals surface area contributed by atoms with Gasteiger partial charge in [-0.3, -0.25) is 9.21 Å². The van der Waals surface area contributed by atoms with Crippen LogP contribution in [0.2, 0.25) is 0 Å². The van der Waals surface area contributed by atoms with Gasteiger partial charge in [-0.05, 0) is 87.4 Å². The van der Waals surface area contributed by atoms with Crippen molar-refractivity contribution in [2.45, 2.75) is 42.1 Å². The Hall–Kier alpha value is -1.02. The molecule has 1 N–H and O–H groups in total. The molecule has 0 radical (unpaired) electrons. The van der Waals surface area contributed by atoms with Crippen LogP contribution in [0, 0.1) is 0 Å². The first-order valence-corrected chi connectivity index (χ1v) is 11.4. The molecule has 1 saturated heterocycles. The molecule has 146 valence electrons. The Kier molecular flexibility index (Phi) is 8.06. The van der Waals surface area contributed by atoms with Crippen molar-refractivity contribution in [3.05, 3.63) is 59.7 Å². The maximum absolute atomic E-state index is 12.6. The van der Waals surface area contributed by atoms with Gasteiger partial charge >= 0.3 is 0 Å². The molecule has 1 heterocycles. The number of rotatable bonds is 8. The van der Waals surface area contributed by atoms with Gasteiger partial charge < -0.3 is 4.55 Å². The normalized spacial score (nSPS) is 16.6. The van der Waals surface area contributed by atoms with Gasteiger partial charge in [0.05, 0.1) is 17.9 Å². The van der Waals surface area contributed by atoms with Crippen molar-refractivity contribution in [3.8, 4) is 0 Å². The van der Waals surface area contributed by atoms with Crippen molar-refractivity contribution >= 4 is 23.3 Å². The molecule has 0 spiro atoms. The lowest BCUT2D eigenvalue weighted by Gasteiger charge is -2.27. The molecule has 0 aromatic heterocycles. The fourth-order valence-corrected chi connectivity index (χ4v) is 4.82. The SMILES string of the molecule is CN(C)Sc1ccc([S+]([O-])NCc2ccccc2CN2CCCCC2)cc1. The van der Waals surface area contributed by atoms with Crippen LogP contribution in [0.3, 0.4) is 0 Å². The topological polar surface area (TPSA) is 41.6 Å². The van der Waals surface area contributed by atoms with Crippen LogP contribution in [0.15, 0.2) is 58.3 Å². The Morgan fingerprint density at radius 2 is 1.67 bits per heavy atom. The van der Waals surface area contributed by atoms with E-state index in [1.807, 2.05) is 42.7 Å². The molecule has 1 aliphatic heterocycles. The summed E-state index contributed by atoms with van der Waals surface area (Å²) in [5.74, 6) is 0. The second-order valence-corrected chi connectivity index (χ2v) is 9.75. The highest BCUT2D eigenvalue weighted by molar-refractivity contribution is 7.97. The Morgan fingerprint density at radius 1 is 1.00 bits per heavy atom. The molecule has 0 saturated carbocycles. The van der Waals surface area contributed by atoms with Gasteiger partial charge in [0, 0.05) is 11.4 Å². The Balaban J connectivity index is 1.57. The van der Waals surface area contributed by atoms with Gasteiger partial charge in [0.1, 0.15) is 0 Å². The number of hydrogen-bond donors (Lipinski definition) is 1. The molecule has 0 bridgehead atoms. The van der Waals surface area contributed by atoms with Crippen LogP contribution < -0.4 is 4.72 Å². The van der Waals surface area contributed by atoms with Crippen molar-refractivity contribution in [3.63, 3.8) is 0 Å². The molecule has 27 heavy (non-hydrogen) atoms. The largest absolute Gasteiger partial charge is 0.593 e. The van der Waals surface area contributed by atoms with Crippen molar-refractivity contribution < 1.29 is 4.55 Å². The van der Waals surface area contributed by atoms with Crippen LogP contribution in [0.5, 0.6) is 0 Å². The van der Waals surface area contributed by atoms with Gasteiger partial charge in [0.25, 0.3) is 0 Å². The van der Waals surface area contributed by atoms with Gasteiger partial charge in [0.2, 0.25) is 0 Å². The average Bonchev–Trinajstić information content (AvgIpc) is 2.68. The highest BCUT2D eigenvalue weighted by atomic mass is 32.2. The number of likely N-dealkylation sites (tertiary alicyclic amines) is 1.